The molecule has 5 nitrogen and oxygen atoms in total. The minimum Gasteiger partial charge on any atom is -0.324 e. The van der Waals surface area contributed by atoms with E-state index in [4.69, 9.17) is 23.2 Å². The normalized spacial score (nSPS) is 20.3. The molecular formula is C11H13Cl2N3O2S. The first-order valence-corrected chi connectivity index (χ1v) is 7.94. The summed E-state index contributed by atoms with van der Waals surface area (Å²) in [5.74, 6) is 0.181. The molecule has 1 unspecified atom stereocenters. The van der Waals surface area contributed by atoms with E-state index in [1.54, 1.807) is 0 Å². The molecule has 0 bridgehead atoms. The van der Waals surface area contributed by atoms with E-state index in [0.717, 1.165) is 6.42 Å². The van der Waals surface area contributed by atoms with Gasteiger partial charge in [-0.2, -0.15) is 0 Å². The zero-order valence-corrected chi connectivity index (χ0v) is 12.7. The van der Waals surface area contributed by atoms with Gasteiger partial charge < -0.3 is 5.32 Å². The van der Waals surface area contributed by atoms with Crippen molar-refractivity contribution in [1.82, 2.24) is 4.72 Å². The van der Waals surface area contributed by atoms with Crippen molar-refractivity contribution < 1.29 is 8.42 Å². The summed E-state index contributed by atoms with van der Waals surface area (Å²) in [6, 6.07) is 2.90. The predicted octanol–water partition coefficient (Wildman–Crippen LogP) is 2.85. The summed E-state index contributed by atoms with van der Waals surface area (Å²) in [7, 11) is -3.73. The first-order valence-electron chi connectivity index (χ1n) is 5.70. The standard InChI is InChI=1S/C11H13Cl2N3O2S/c1-3-6(2)14-11-15-9-5-7(12)4-8(13)10(9)19(17,18)16-11/h4-6H,3H2,1-2H3,(H2,14,15,16). The van der Waals surface area contributed by atoms with Crippen molar-refractivity contribution in [2.75, 3.05) is 5.32 Å². The van der Waals surface area contributed by atoms with Crippen molar-refractivity contribution in [3.63, 3.8) is 0 Å². The highest BCUT2D eigenvalue weighted by molar-refractivity contribution is 7.90. The number of sulfonamides is 1. The van der Waals surface area contributed by atoms with Crippen molar-refractivity contribution in [2.45, 2.75) is 31.2 Å². The predicted molar refractivity (Wildman–Crippen MR) is 77.6 cm³/mol. The van der Waals surface area contributed by atoms with Crippen LogP contribution in [0.1, 0.15) is 20.3 Å². The van der Waals surface area contributed by atoms with Crippen LogP contribution in [-0.4, -0.2) is 20.4 Å². The van der Waals surface area contributed by atoms with Crippen LogP contribution < -0.4 is 10.0 Å². The largest absolute Gasteiger partial charge is 0.324 e. The Hall–Kier alpha value is -0.980. The molecule has 1 atom stereocenters. The van der Waals surface area contributed by atoms with Crippen LogP contribution in [0.25, 0.3) is 0 Å². The van der Waals surface area contributed by atoms with Gasteiger partial charge in [0.15, 0.2) is 0 Å². The Kier molecular flexibility index (Phi) is 3.94. The van der Waals surface area contributed by atoms with E-state index in [9.17, 15) is 8.42 Å². The number of hydrogen-bond acceptors (Lipinski definition) is 3. The lowest BCUT2D eigenvalue weighted by molar-refractivity contribution is 0.591. The van der Waals surface area contributed by atoms with Crippen molar-refractivity contribution >= 4 is 44.9 Å². The lowest BCUT2D eigenvalue weighted by Gasteiger charge is -2.23. The first kappa shape index (κ1) is 14.4. The van der Waals surface area contributed by atoms with Gasteiger partial charge in [-0.25, -0.2) is 18.1 Å². The molecular weight excluding hydrogens is 309 g/mol. The Bertz CT molecular complexity index is 644. The van der Waals surface area contributed by atoms with Gasteiger partial charge in [-0.1, -0.05) is 30.1 Å². The second-order valence-corrected chi connectivity index (χ2v) is 6.69. The summed E-state index contributed by atoms with van der Waals surface area (Å²) in [4.78, 5) is 4.23. The van der Waals surface area contributed by atoms with E-state index >= 15 is 0 Å². The summed E-state index contributed by atoms with van der Waals surface area (Å²) >= 11 is 11.8. The summed E-state index contributed by atoms with van der Waals surface area (Å²) in [6.07, 6.45) is 0.802. The maximum Gasteiger partial charge on any atom is 0.267 e. The van der Waals surface area contributed by atoms with E-state index in [1.807, 2.05) is 13.8 Å². The van der Waals surface area contributed by atoms with Crippen molar-refractivity contribution in [1.29, 1.82) is 0 Å². The highest BCUT2D eigenvalue weighted by Gasteiger charge is 2.29. The molecule has 1 aliphatic rings. The highest BCUT2D eigenvalue weighted by Crippen LogP contribution is 2.34. The lowest BCUT2D eigenvalue weighted by Crippen LogP contribution is -2.41. The molecule has 1 aromatic rings. The van der Waals surface area contributed by atoms with Gasteiger partial charge in [-0.3, -0.25) is 0 Å². The number of guanidine groups is 1. The number of rotatable bonds is 2. The number of benzene rings is 1. The Morgan fingerprint density at radius 1 is 1.37 bits per heavy atom. The molecule has 19 heavy (non-hydrogen) atoms. The summed E-state index contributed by atoms with van der Waals surface area (Å²) in [6.45, 7) is 3.86. The van der Waals surface area contributed by atoms with E-state index in [0.29, 0.717) is 10.7 Å². The number of nitrogens with zero attached hydrogens (tertiary/aromatic N) is 1. The average molecular weight is 322 g/mol. The third-order valence-corrected chi connectivity index (χ3v) is 4.77. The van der Waals surface area contributed by atoms with Gasteiger partial charge in [0.1, 0.15) is 4.90 Å². The fourth-order valence-electron chi connectivity index (χ4n) is 1.63. The minimum absolute atomic E-state index is 0.00130. The van der Waals surface area contributed by atoms with E-state index in [2.05, 4.69) is 15.0 Å². The van der Waals surface area contributed by atoms with Gasteiger partial charge >= 0.3 is 0 Å². The quantitative estimate of drug-likeness (QED) is 0.879. The fourth-order valence-corrected chi connectivity index (χ4v) is 3.60. The van der Waals surface area contributed by atoms with Crippen LogP contribution in [0.2, 0.25) is 10.0 Å². The lowest BCUT2D eigenvalue weighted by atomic mass is 10.3. The topological polar surface area (TPSA) is 70.6 Å². The monoisotopic (exact) mass is 321 g/mol. The Balaban J connectivity index is 2.54. The summed E-state index contributed by atoms with van der Waals surface area (Å²) in [5, 5.41) is 3.32. The van der Waals surface area contributed by atoms with Crippen molar-refractivity contribution in [3.05, 3.63) is 22.2 Å². The maximum atomic E-state index is 12.1. The third kappa shape index (κ3) is 2.96. The molecule has 0 fully saturated rings. The number of hydrogen-bond donors (Lipinski definition) is 2. The van der Waals surface area contributed by atoms with Gasteiger partial charge in [-0.15, -0.1) is 0 Å². The van der Waals surface area contributed by atoms with E-state index < -0.39 is 10.0 Å². The van der Waals surface area contributed by atoms with Crippen LogP contribution in [0.4, 0.5) is 5.69 Å². The first-order chi connectivity index (χ1) is 8.83. The fraction of sp³-hybridized carbons (Fsp3) is 0.364. The second-order valence-electron chi connectivity index (χ2n) is 4.23. The molecule has 8 heteroatoms. The summed E-state index contributed by atoms with van der Waals surface area (Å²) < 4.78 is 26.6. The molecule has 1 heterocycles. The minimum atomic E-state index is -3.73. The molecule has 0 aliphatic carbocycles. The number of aliphatic imine (C=N–C) groups is 1. The Labute approximate surface area is 122 Å². The number of fused-ring (bicyclic) bond motifs is 1. The number of halogens is 2. The highest BCUT2D eigenvalue weighted by atomic mass is 35.5. The SMILES string of the molecule is CCC(C)N=C1Nc2cc(Cl)cc(Cl)c2S(=O)(=O)N1. The van der Waals surface area contributed by atoms with Gasteiger partial charge in [-0.05, 0) is 25.5 Å². The molecule has 0 amide bonds. The molecule has 1 aliphatic heterocycles. The van der Waals surface area contributed by atoms with Crippen LogP contribution >= 0.6 is 23.2 Å². The molecule has 0 aromatic heterocycles. The zero-order chi connectivity index (χ0) is 14.2. The molecule has 0 radical (unpaired) electrons. The average Bonchev–Trinajstić information content (AvgIpc) is 2.25. The van der Waals surface area contributed by atoms with Gasteiger partial charge in [0, 0.05) is 5.02 Å². The molecule has 0 saturated heterocycles. The van der Waals surface area contributed by atoms with Gasteiger partial charge in [0.25, 0.3) is 10.0 Å². The van der Waals surface area contributed by atoms with E-state index in [-0.39, 0.29) is 21.9 Å². The van der Waals surface area contributed by atoms with Gasteiger partial charge in [0.2, 0.25) is 5.96 Å². The Morgan fingerprint density at radius 2 is 2.05 bits per heavy atom. The molecule has 0 saturated carbocycles. The van der Waals surface area contributed by atoms with Crippen molar-refractivity contribution in [3.8, 4) is 0 Å². The van der Waals surface area contributed by atoms with Crippen LogP contribution in [-0.2, 0) is 10.0 Å². The number of nitrogens with one attached hydrogen (secondary N) is 2. The Morgan fingerprint density at radius 3 is 2.68 bits per heavy atom. The molecule has 2 rings (SSSR count). The van der Waals surface area contributed by atoms with Crippen LogP contribution in [0.5, 0.6) is 0 Å². The zero-order valence-electron chi connectivity index (χ0n) is 10.4. The number of anilines is 1. The molecule has 2 N–H and O–H groups in total. The molecule has 1 aromatic carbocycles. The second kappa shape index (κ2) is 5.19. The van der Waals surface area contributed by atoms with Crippen LogP contribution in [0.3, 0.4) is 0 Å². The summed E-state index contributed by atoms with van der Waals surface area (Å²) in [5.41, 5.74) is 0.332. The van der Waals surface area contributed by atoms with Crippen molar-refractivity contribution in [2.24, 2.45) is 4.99 Å². The smallest absolute Gasteiger partial charge is 0.267 e. The van der Waals surface area contributed by atoms with Crippen LogP contribution in [0.15, 0.2) is 22.0 Å². The van der Waals surface area contributed by atoms with E-state index in [1.165, 1.54) is 12.1 Å². The van der Waals surface area contributed by atoms with Gasteiger partial charge in [0.05, 0.1) is 16.8 Å². The van der Waals surface area contributed by atoms with Crippen LogP contribution in [0, 0.1) is 0 Å². The third-order valence-electron chi connectivity index (χ3n) is 2.70. The molecule has 104 valence electrons. The maximum absolute atomic E-state index is 12.1. The molecule has 0 spiro atoms.